The summed E-state index contributed by atoms with van der Waals surface area (Å²) in [6.07, 6.45) is 0. The Labute approximate surface area is 342 Å². The number of carbonyl (C=O) groups excluding carboxylic acids is 6. The summed E-state index contributed by atoms with van der Waals surface area (Å²) in [5, 5.41) is 0. The quantitative estimate of drug-likeness (QED) is 0.0855. The zero-order valence-corrected chi connectivity index (χ0v) is 31.2. The summed E-state index contributed by atoms with van der Waals surface area (Å²) >= 11 is 0. The normalized spacial score (nSPS) is 10.4. The molecule has 0 spiro atoms. The first-order valence-electron chi connectivity index (χ1n) is 18.1. The Hall–Kier alpha value is -8.64. The molecule has 0 bridgehead atoms. The van der Waals surface area contributed by atoms with Crippen molar-refractivity contribution in [2.45, 2.75) is 0 Å². The van der Waals surface area contributed by atoms with E-state index in [-0.39, 0.29) is 34.5 Å². The summed E-state index contributed by atoms with van der Waals surface area (Å²) in [4.78, 5) is 88.5. The van der Waals surface area contributed by atoms with Gasteiger partial charge in [-0.15, -0.1) is 0 Å². The molecule has 7 rings (SSSR count). The maximum atomic E-state index is 14.7. The van der Waals surface area contributed by atoms with Gasteiger partial charge in [-0.05, 0) is 72.8 Å². The third-order valence-electron chi connectivity index (χ3n) is 8.45. The molecule has 0 N–H and O–H groups in total. The van der Waals surface area contributed by atoms with E-state index >= 15 is 0 Å². The summed E-state index contributed by atoms with van der Waals surface area (Å²) in [5.41, 5.74) is -6.02. The molecule has 60 heavy (non-hydrogen) atoms. The number of para-hydroxylation sites is 6. The summed E-state index contributed by atoms with van der Waals surface area (Å²) in [6, 6.07) is 45.3. The van der Waals surface area contributed by atoms with E-state index in [1.807, 2.05) is 0 Å². The predicted octanol–water partition coefficient (Wildman–Crippen LogP) is 9.00. The summed E-state index contributed by atoms with van der Waals surface area (Å²) in [5.74, 6) is -9.04. The molecule has 0 radical (unpaired) electrons. The second kappa shape index (κ2) is 18.5. The van der Waals surface area contributed by atoms with Crippen LogP contribution in [0.3, 0.4) is 0 Å². The highest BCUT2D eigenvalue weighted by molar-refractivity contribution is 6.25. The third kappa shape index (κ3) is 9.31. The first-order valence-corrected chi connectivity index (χ1v) is 18.1. The molecule has 7 aromatic carbocycles. The van der Waals surface area contributed by atoms with Crippen LogP contribution in [0.4, 0.5) is 0 Å². The number of ether oxygens (including phenoxy) is 6. The minimum absolute atomic E-state index is 0.0679. The van der Waals surface area contributed by atoms with Crippen LogP contribution in [0.25, 0.3) is 0 Å². The lowest BCUT2D eigenvalue weighted by atomic mass is 9.85. The van der Waals surface area contributed by atoms with Gasteiger partial charge in [0, 0.05) is 0 Å². The third-order valence-corrected chi connectivity index (χ3v) is 8.45. The lowest BCUT2D eigenvalue weighted by Crippen LogP contribution is -2.34. The lowest BCUT2D eigenvalue weighted by molar-refractivity contribution is 0.0635. The van der Waals surface area contributed by atoms with Gasteiger partial charge < -0.3 is 28.4 Å². The average molecular weight is 799 g/mol. The van der Waals surface area contributed by atoms with Crippen LogP contribution >= 0.6 is 0 Å². The molecule has 7 aromatic rings. The standard InChI is InChI=1S/C48H30O12/c49-43(55-31-19-7-1-8-20-31)37-38(44(50)56-32-21-9-2-10-22-32)40(46(52)58-34-25-13-4-14-26-34)42(48(54)60-36-29-17-6-18-30-36)41(47(53)59-35-27-15-5-16-28-35)39(37)45(51)57-33-23-11-3-12-24-33/h1-30H. The Kier molecular flexibility index (Phi) is 12.2. The second-order valence-corrected chi connectivity index (χ2v) is 12.5. The van der Waals surface area contributed by atoms with Crippen LogP contribution in [0.15, 0.2) is 182 Å². The van der Waals surface area contributed by atoms with Crippen molar-refractivity contribution >= 4 is 35.8 Å². The Morgan fingerprint density at radius 3 is 0.433 bits per heavy atom. The molecule has 0 heterocycles. The molecule has 0 unspecified atom stereocenters. The van der Waals surface area contributed by atoms with Crippen molar-refractivity contribution in [3.63, 3.8) is 0 Å². The van der Waals surface area contributed by atoms with E-state index in [1.165, 1.54) is 72.8 Å². The number of rotatable bonds is 12. The van der Waals surface area contributed by atoms with Crippen LogP contribution in [0.1, 0.15) is 62.1 Å². The average Bonchev–Trinajstić information content (AvgIpc) is 3.27. The first kappa shape index (κ1) is 39.6. The Morgan fingerprint density at radius 2 is 0.317 bits per heavy atom. The fourth-order valence-corrected chi connectivity index (χ4v) is 5.85. The highest BCUT2D eigenvalue weighted by Crippen LogP contribution is 2.35. The van der Waals surface area contributed by atoms with E-state index in [0.29, 0.717) is 0 Å². The van der Waals surface area contributed by atoms with E-state index in [2.05, 4.69) is 0 Å². The minimum Gasteiger partial charge on any atom is -0.423 e. The van der Waals surface area contributed by atoms with Crippen LogP contribution in [0.2, 0.25) is 0 Å². The molecule has 0 aliphatic carbocycles. The number of esters is 6. The molecule has 0 amide bonds. The summed E-state index contributed by atoms with van der Waals surface area (Å²) in [7, 11) is 0. The zero-order valence-electron chi connectivity index (χ0n) is 31.2. The fraction of sp³-hybridized carbons (Fsp3) is 0. The first-order chi connectivity index (χ1) is 29.3. The zero-order chi connectivity index (χ0) is 41.8. The molecule has 0 atom stereocenters. The summed E-state index contributed by atoms with van der Waals surface area (Å²) in [6.45, 7) is 0. The molecule has 0 aromatic heterocycles. The van der Waals surface area contributed by atoms with Gasteiger partial charge >= 0.3 is 35.8 Å². The van der Waals surface area contributed by atoms with Crippen molar-refractivity contribution in [1.29, 1.82) is 0 Å². The highest BCUT2D eigenvalue weighted by atomic mass is 16.6. The minimum atomic E-state index is -1.44. The van der Waals surface area contributed by atoms with Gasteiger partial charge in [-0.25, -0.2) is 28.8 Å². The maximum absolute atomic E-state index is 14.7. The van der Waals surface area contributed by atoms with Gasteiger partial charge in [0.15, 0.2) is 0 Å². The smallest absolute Gasteiger partial charge is 0.345 e. The van der Waals surface area contributed by atoms with Crippen LogP contribution in [0, 0.1) is 0 Å². The Morgan fingerprint density at radius 1 is 0.200 bits per heavy atom. The van der Waals surface area contributed by atoms with Crippen LogP contribution in [0.5, 0.6) is 34.5 Å². The second-order valence-electron chi connectivity index (χ2n) is 12.5. The van der Waals surface area contributed by atoms with Gasteiger partial charge in [-0.2, -0.15) is 0 Å². The van der Waals surface area contributed by atoms with Crippen molar-refractivity contribution < 1.29 is 57.2 Å². The number of benzene rings is 7. The molecule has 0 saturated heterocycles. The van der Waals surface area contributed by atoms with Crippen molar-refractivity contribution in [2.24, 2.45) is 0 Å². The van der Waals surface area contributed by atoms with Gasteiger partial charge in [0.1, 0.15) is 34.5 Å². The van der Waals surface area contributed by atoms with E-state index in [0.717, 1.165) is 0 Å². The van der Waals surface area contributed by atoms with E-state index in [1.54, 1.807) is 109 Å². The highest BCUT2D eigenvalue weighted by Gasteiger charge is 2.44. The summed E-state index contributed by atoms with van der Waals surface area (Å²) < 4.78 is 34.3. The van der Waals surface area contributed by atoms with Gasteiger partial charge in [-0.3, -0.25) is 0 Å². The van der Waals surface area contributed by atoms with Gasteiger partial charge in [0.2, 0.25) is 0 Å². The fourth-order valence-electron chi connectivity index (χ4n) is 5.85. The van der Waals surface area contributed by atoms with Gasteiger partial charge in [-0.1, -0.05) is 109 Å². The van der Waals surface area contributed by atoms with Crippen molar-refractivity contribution in [2.75, 3.05) is 0 Å². The van der Waals surface area contributed by atoms with Crippen LogP contribution in [-0.4, -0.2) is 35.8 Å². The largest absolute Gasteiger partial charge is 0.423 e. The van der Waals surface area contributed by atoms with Crippen molar-refractivity contribution in [3.8, 4) is 34.5 Å². The molecule has 0 saturated carbocycles. The molecular formula is C48H30O12. The topological polar surface area (TPSA) is 158 Å². The van der Waals surface area contributed by atoms with Crippen molar-refractivity contribution in [1.82, 2.24) is 0 Å². The molecular weight excluding hydrogens is 769 g/mol. The monoisotopic (exact) mass is 798 g/mol. The molecule has 0 aliphatic rings. The molecule has 0 fully saturated rings. The Balaban J connectivity index is 1.61. The van der Waals surface area contributed by atoms with Gasteiger partial charge in [0.05, 0.1) is 33.4 Å². The van der Waals surface area contributed by atoms with Crippen molar-refractivity contribution in [3.05, 3.63) is 215 Å². The molecule has 12 nitrogen and oxygen atoms in total. The van der Waals surface area contributed by atoms with E-state index < -0.39 is 69.2 Å². The van der Waals surface area contributed by atoms with Crippen LogP contribution in [-0.2, 0) is 0 Å². The van der Waals surface area contributed by atoms with E-state index in [4.69, 9.17) is 28.4 Å². The molecule has 12 heteroatoms. The number of hydrogen-bond donors (Lipinski definition) is 0. The predicted molar refractivity (Wildman–Crippen MR) is 215 cm³/mol. The van der Waals surface area contributed by atoms with E-state index in [9.17, 15) is 28.8 Å². The number of carbonyl (C=O) groups is 6. The Bertz CT molecular complexity index is 2160. The molecule has 294 valence electrons. The lowest BCUT2D eigenvalue weighted by Gasteiger charge is -2.22. The van der Waals surface area contributed by atoms with Gasteiger partial charge in [0.25, 0.3) is 0 Å². The molecule has 0 aliphatic heterocycles. The maximum Gasteiger partial charge on any atom is 0.345 e. The SMILES string of the molecule is O=C(Oc1ccccc1)c1c(C(=O)Oc2ccccc2)c(C(=O)Oc2ccccc2)c(C(=O)Oc2ccccc2)c(C(=O)Oc2ccccc2)c1C(=O)Oc1ccccc1. The number of hydrogen-bond acceptors (Lipinski definition) is 12. The van der Waals surface area contributed by atoms with Crippen LogP contribution < -0.4 is 28.4 Å².